The molecule has 1 aliphatic rings. The van der Waals surface area contributed by atoms with Crippen LogP contribution < -0.4 is 10.1 Å². The molecule has 1 aliphatic heterocycles. The van der Waals surface area contributed by atoms with Crippen molar-refractivity contribution in [2.45, 2.75) is 31.0 Å². The van der Waals surface area contributed by atoms with Crippen molar-refractivity contribution in [2.24, 2.45) is 4.99 Å². The number of carbonyl (C=O) groups is 1. The Morgan fingerprint density at radius 3 is 2.41 bits per heavy atom. The van der Waals surface area contributed by atoms with E-state index in [9.17, 15) is 4.79 Å². The van der Waals surface area contributed by atoms with Gasteiger partial charge in [-0.2, -0.15) is 0 Å². The number of nitrogens with zero attached hydrogens (tertiary/aromatic N) is 1. The number of carbonyl (C=O) groups excluding carboxylic acids is 1. The summed E-state index contributed by atoms with van der Waals surface area (Å²) in [4.78, 5) is 19.8. The van der Waals surface area contributed by atoms with Crippen LogP contribution in [0.4, 0.5) is 0 Å². The van der Waals surface area contributed by atoms with Crippen molar-refractivity contribution in [3.05, 3.63) is 148 Å². The molecule has 0 saturated carbocycles. The lowest BCUT2D eigenvalue weighted by molar-refractivity contribution is -0.129. The van der Waals surface area contributed by atoms with Gasteiger partial charge in [-0.05, 0) is 52.2 Å². The average molecular weight is 650 g/mol. The Bertz CT molecular complexity index is 1770. The monoisotopic (exact) mass is 648 g/mol. The lowest BCUT2D eigenvalue weighted by Gasteiger charge is -2.31. The molecule has 7 heteroatoms. The van der Waals surface area contributed by atoms with Crippen molar-refractivity contribution in [1.29, 1.82) is 0 Å². The zero-order chi connectivity index (χ0) is 30.4. The van der Waals surface area contributed by atoms with Crippen molar-refractivity contribution in [3.63, 3.8) is 0 Å². The van der Waals surface area contributed by atoms with Gasteiger partial charge in [-0.3, -0.25) is 4.79 Å². The van der Waals surface area contributed by atoms with E-state index in [-0.39, 0.29) is 12.5 Å². The van der Waals surface area contributed by atoms with E-state index in [1.165, 1.54) is 0 Å². The first-order valence-electron chi connectivity index (χ1n) is 14.7. The molecule has 0 unspecified atom stereocenters. The van der Waals surface area contributed by atoms with Gasteiger partial charge >= 0.3 is 0 Å². The molecule has 6 nitrogen and oxygen atoms in total. The molecule has 44 heavy (non-hydrogen) atoms. The summed E-state index contributed by atoms with van der Waals surface area (Å²) in [6, 6.07) is 39.5. The van der Waals surface area contributed by atoms with Gasteiger partial charge in [0.05, 0.1) is 6.61 Å². The topological polar surface area (TPSA) is 80.2 Å². The number of hydrogen-bond donors (Lipinski definition) is 2. The molecule has 2 N–H and O–H groups in total. The van der Waals surface area contributed by atoms with Gasteiger partial charge in [-0.1, -0.05) is 107 Å². The number of aliphatic hydroxyl groups is 1. The SMILES string of the molecule is O=C(NCc1cccc2ccccc12)[C@]1(Cc2ccccc2)N=C(c2ccc(OCCCO)cc2)O[C@@H]1c1ccccc1Br. The second kappa shape index (κ2) is 13.5. The first kappa shape index (κ1) is 29.6. The van der Waals surface area contributed by atoms with Crippen molar-refractivity contribution in [1.82, 2.24) is 5.32 Å². The Morgan fingerprint density at radius 2 is 1.61 bits per heavy atom. The predicted molar refractivity (Wildman–Crippen MR) is 177 cm³/mol. The fourth-order valence-electron chi connectivity index (χ4n) is 5.63. The molecule has 1 amide bonds. The van der Waals surface area contributed by atoms with E-state index in [2.05, 4.69) is 39.4 Å². The third kappa shape index (κ3) is 6.25. The Labute approximate surface area is 265 Å². The fraction of sp³-hybridized carbons (Fsp3) is 0.189. The van der Waals surface area contributed by atoms with Gasteiger partial charge in [0.1, 0.15) is 5.75 Å². The number of amides is 1. The highest BCUT2D eigenvalue weighted by molar-refractivity contribution is 9.10. The van der Waals surface area contributed by atoms with Gasteiger partial charge in [-0.25, -0.2) is 4.99 Å². The summed E-state index contributed by atoms with van der Waals surface area (Å²) >= 11 is 3.71. The smallest absolute Gasteiger partial charge is 0.252 e. The number of benzene rings is 5. The Morgan fingerprint density at radius 1 is 0.886 bits per heavy atom. The molecule has 0 radical (unpaired) electrons. The number of ether oxygens (including phenoxy) is 2. The molecule has 0 fully saturated rings. The molecule has 1 heterocycles. The summed E-state index contributed by atoms with van der Waals surface area (Å²) < 4.78 is 13.2. The fourth-order valence-corrected chi connectivity index (χ4v) is 6.12. The molecule has 0 bridgehead atoms. The van der Waals surface area contributed by atoms with Crippen LogP contribution in [0, 0.1) is 0 Å². The van der Waals surface area contributed by atoms with Crippen LogP contribution in [0.2, 0.25) is 0 Å². The van der Waals surface area contributed by atoms with Crippen molar-refractivity contribution >= 4 is 38.5 Å². The van der Waals surface area contributed by atoms with Gasteiger partial charge in [-0.15, -0.1) is 0 Å². The highest BCUT2D eigenvalue weighted by Gasteiger charge is 2.53. The summed E-state index contributed by atoms with van der Waals surface area (Å²) in [5, 5.41) is 14.5. The molecule has 0 aliphatic carbocycles. The highest BCUT2D eigenvalue weighted by Crippen LogP contribution is 2.44. The van der Waals surface area contributed by atoms with Gasteiger partial charge in [0.2, 0.25) is 5.90 Å². The van der Waals surface area contributed by atoms with E-state index < -0.39 is 11.6 Å². The first-order chi connectivity index (χ1) is 21.6. The van der Waals surface area contributed by atoms with Crippen LogP contribution in [0.5, 0.6) is 5.75 Å². The maximum absolute atomic E-state index is 14.6. The van der Waals surface area contributed by atoms with E-state index in [0.29, 0.717) is 37.6 Å². The second-order valence-electron chi connectivity index (χ2n) is 10.8. The maximum Gasteiger partial charge on any atom is 0.252 e. The molecular formula is C37H33BrN2O4. The molecule has 0 spiro atoms. The van der Waals surface area contributed by atoms with Crippen molar-refractivity contribution in [3.8, 4) is 5.75 Å². The highest BCUT2D eigenvalue weighted by atomic mass is 79.9. The number of rotatable bonds is 11. The number of aliphatic imine (C=N–C) groups is 1. The van der Waals surface area contributed by atoms with E-state index in [4.69, 9.17) is 19.6 Å². The molecule has 0 saturated heterocycles. The molecular weight excluding hydrogens is 616 g/mol. The minimum atomic E-state index is -1.29. The third-order valence-electron chi connectivity index (χ3n) is 7.85. The number of halogens is 1. The molecule has 5 aromatic carbocycles. The van der Waals surface area contributed by atoms with E-state index in [1.54, 1.807) is 0 Å². The van der Waals surface area contributed by atoms with E-state index in [1.807, 2.05) is 103 Å². The summed E-state index contributed by atoms with van der Waals surface area (Å²) in [6.07, 6.45) is 0.204. The maximum atomic E-state index is 14.6. The van der Waals surface area contributed by atoms with Crippen LogP contribution in [0.25, 0.3) is 10.8 Å². The van der Waals surface area contributed by atoms with Crippen molar-refractivity contribution in [2.75, 3.05) is 13.2 Å². The van der Waals surface area contributed by atoms with Gasteiger partial charge in [0.15, 0.2) is 11.6 Å². The molecule has 6 rings (SSSR count). The molecule has 222 valence electrons. The van der Waals surface area contributed by atoms with Crippen LogP contribution in [-0.2, 0) is 22.5 Å². The van der Waals surface area contributed by atoms with Gasteiger partial charge < -0.3 is 19.9 Å². The van der Waals surface area contributed by atoms with Crippen LogP contribution in [0.3, 0.4) is 0 Å². The minimum Gasteiger partial charge on any atom is -0.494 e. The van der Waals surface area contributed by atoms with E-state index >= 15 is 0 Å². The van der Waals surface area contributed by atoms with Crippen LogP contribution >= 0.6 is 15.9 Å². The summed E-state index contributed by atoms with van der Waals surface area (Å²) in [5.41, 5.74) is 2.30. The van der Waals surface area contributed by atoms with E-state index in [0.717, 1.165) is 37.5 Å². The molecule has 0 aromatic heterocycles. The lowest BCUT2D eigenvalue weighted by atomic mass is 9.82. The number of aliphatic hydroxyl groups excluding tert-OH is 1. The van der Waals surface area contributed by atoms with Crippen LogP contribution in [-0.4, -0.2) is 35.7 Å². The second-order valence-corrected chi connectivity index (χ2v) is 11.6. The quantitative estimate of drug-likeness (QED) is 0.149. The molecule has 5 aromatic rings. The van der Waals surface area contributed by atoms with Crippen LogP contribution in [0.1, 0.15) is 34.8 Å². The largest absolute Gasteiger partial charge is 0.494 e. The summed E-state index contributed by atoms with van der Waals surface area (Å²) in [6.45, 7) is 0.851. The minimum absolute atomic E-state index is 0.0746. The number of fused-ring (bicyclic) bond motifs is 1. The van der Waals surface area contributed by atoms with Gasteiger partial charge in [0.25, 0.3) is 5.91 Å². The average Bonchev–Trinajstić information content (AvgIpc) is 3.44. The number of hydrogen-bond acceptors (Lipinski definition) is 5. The Hall–Kier alpha value is -4.46. The van der Waals surface area contributed by atoms with Crippen molar-refractivity contribution < 1.29 is 19.4 Å². The third-order valence-corrected chi connectivity index (χ3v) is 8.58. The molecule has 2 atom stereocenters. The van der Waals surface area contributed by atoms with Crippen LogP contribution in [0.15, 0.2) is 131 Å². The zero-order valence-electron chi connectivity index (χ0n) is 24.2. The number of nitrogens with one attached hydrogen (secondary N) is 1. The predicted octanol–water partition coefficient (Wildman–Crippen LogP) is 7.18. The lowest BCUT2D eigenvalue weighted by Crippen LogP contribution is -2.49. The zero-order valence-corrected chi connectivity index (χ0v) is 25.7. The summed E-state index contributed by atoms with van der Waals surface area (Å²) in [5.74, 6) is 0.865. The Kier molecular flexibility index (Phi) is 9.05. The first-order valence-corrected chi connectivity index (χ1v) is 15.5. The van der Waals surface area contributed by atoms with Gasteiger partial charge in [0, 0.05) is 41.6 Å². The standard InChI is InChI=1S/C37H33BrN2O4/c38-33-17-7-6-16-32(33)34-37(24-26-10-2-1-3-11-26,36(42)39-25-29-14-8-13-27-12-4-5-15-31(27)29)40-35(44-34)28-18-20-30(21-19-28)43-23-9-22-41/h1-8,10-21,34,41H,9,22-25H2,(H,39,42)/t34-,37-/m1/s1. The summed E-state index contributed by atoms with van der Waals surface area (Å²) in [7, 11) is 0. The Balaban J connectivity index is 1.40. The normalized spacial score (nSPS) is 17.6.